The minimum atomic E-state index is -1.53. The van der Waals surface area contributed by atoms with Gasteiger partial charge in [0, 0.05) is 49.1 Å². The summed E-state index contributed by atoms with van der Waals surface area (Å²) in [4.78, 5) is 30.0. The molecule has 1 aliphatic heterocycles. The SMILES string of the molecule is C=CC(=O)N1CCC(N(C)c2nc(OC)nc3c(C)c(-c4cccc(C)c4C(C)(C)F)ncc23)C1. The highest BCUT2D eigenvalue weighted by molar-refractivity contribution is 5.94. The van der Waals surface area contributed by atoms with Gasteiger partial charge >= 0.3 is 6.01 Å². The number of nitrogens with zero attached hydrogens (tertiary/aromatic N) is 5. The molecule has 1 amide bonds. The predicted octanol–water partition coefficient (Wildman–Crippen LogP) is 4.74. The van der Waals surface area contributed by atoms with Crippen LogP contribution in [0.5, 0.6) is 6.01 Å². The van der Waals surface area contributed by atoms with Crippen molar-refractivity contribution < 1.29 is 13.9 Å². The first-order valence-corrected chi connectivity index (χ1v) is 11.7. The smallest absolute Gasteiger partial charge is 0.318 e. The third-order valence-corrected chi connectivity index (χ3v) is 6.77. The Bertz CT molecular complexity index is 1300. The van der Waals surface area contributed by atoms with E-state index in [-0.39, 0.29) is 18.0 Å². The molecule has 0 N–H and O–H groups in total. The molecule has 3 heterocycles. The van der Waals surface area contributed by atoms with Crippen LogP contribution in [-0.2, 0) is 10.5 Å². The number of carbonyl (C=O) groups is 1. The zero-order valence-electron chi connectivity index (χ0n) is 21.2. The number of benzene rings is 1. The van der Waals surface area contributed by atoms with Crippen LogP contribution in [0.3, 0.4) is 0 Å². The van der Waals surface area contributed by atoms with Gasteiger partial charge in [0.05, 0.1) is 23.7 Å². The quantitative estimate of drug-likeness (QED) is 0.478. The molecule has 7 nitrogen and oxygen atoms in total. The van der Waals surface area contributed by atoms with Crippen LogP contribution in [0.2, 0.25) is 0 Å². The van der Waals surface area contributed by atoms with Crippen molar-refractivity contribution in [2.75, 3.05) is 32.1 Å². The summed E-state index contributed by atoms with van der Waals surface area (Å²) in [6.45, 7) is 11.8. The van der Waals surface area contributed by atoms with E-state index in [0.29, 0.717) is 35.7 Å². The van der Waals surface area contributed by atoms with Gasteiger partial charge in [0.1, 0.15) is 11.5 Å². The van der Waals surface area contributed by atoms with Crippen molar-refractivity contribution >= 4 is 22.6 Å². The Labute approximate surface area is 205 Å². The van der Waals surface area contributed by atoms with E-state index in [4.69, 9.17) is 9.72 Å². The van der Waals surface area contributed by atoms with Crippen molar-refractivity contribution in [1.29, 1.82) is 0 Å². The maximum Gasteiger partial charge on any atom is 0.318 e. The Morgan fingerprint density at radius 2 is 2.06 bits per heavy atom. The molecule has 184 valence electrons. The summed E-state index contributed by atoms with van der Waals surface area (Å²) in [5.41, 5.74) is 2.91. The molecule has 1 fully saturated rings. The molecule has 2 aromatic heterocycles. The monoisotopic (exact) mass is 477 g/mol. The topological polar surface area (TPSA) is 71.5 Å². The standard InChI is InChI=1S/C27H32FN5O2/c1-8-21(34)33-13-12-18(15-33)32(6)25-20-14-29-23(17(3)24(20)30-26(31-25)35-7)19-11-9-10-16(2)22(19)27(4,5)28/h8-11,14,18H,1,12-13,15H2,2-7H3. The summed E-state index contributed by atoms with van der Waals surface area (Å²) in [7, 11) is 3.49. The van der Waals surface area contributed by atoms with Crippen molar-refractivity contribution in [2.24, 2.45) is 0 Å². The number of rotatable bonds is 6. The Kier molecular flexibility index (Phi) is 6.49. The number of carbonyl (C=O) groups excluding carboxylic acids is 1. The molecule has 3 aromatic rings. The molecule has 0 spiro atoms. The number of likely N-dealkylation sites (tertiary alicyclic amines) is 1. The zero-order valence-corrected chi connectivity index (χ0v) is 21.2. The average Bonchev–Trinajstić information content (AvgIpc) is 3.32. The number of pyridine rings is 1. The summed E-state index contributed by atoms with van der Waals surface area (Å²) >= 11 is 0. The normalized spacial score (nSPS) is 16.0. The van der Waals surface area contributed by atoms with E-state index in [2.05, 4.69) is 21.4 Å². The van der Waals surface area contributed by atoms with Crippen molar-refractivity contribution in [1.82, 2.24) is 19.9 Å². The first-order chi connectivity index (χ1) is 16.6. The molecule has 1 unspecified atom stereocenters. The molecule has 0 radical (unpaired) electrons. The molecule has 4 rings (SSSR count). The highest BCUT2D eigenvalue weighted by Gasteiger charge is 2.31. The van der Waals surface area contributed by atoms with Gasteiger partial charge in [-0.25, -0.2) is 4.39 Å². The number of aromatic nitrogens is 3. The maximum absolute atomic E-state index is 15.2. The number of amides is 1. The zero-order chi connectivity index (χ0) is 25.5. The fourth-order valence-electron chi connectivity index (χ4n) is 5.03. The number of ether oxygens (including phenoxy) is 1. The molecule has 1 aliphatic rings. The Morgan fingerprint density at radius 3 is 2.71 bits per heavy atom. The molecular formula is C27H32FN5O2. The van der Waals surface area contributed by atoms with Gasteiger partial charge in [-0.3, -0.25) is 9.78 Å². The van der Waals surface area contributed by atoms with Gasteiger partial charge < -0.3 is 14.5 Å². The number of anilines is 1. The first kappa shape index (κ1) is 24.6. The van der Waals surface area contributed by atoms with Crippen LogP contribution in [0, 0.1) is 13.8 Å². The van der Waals surface area contributed by atoms with Gasteiger partial charge in [-0.05, 0) is 45.8 Å². The van der Waals surface area contributed by atoms with Crippen LogP contribution < -0.4 is 9.64 Å². The number of likely N-dealkylation sites (N-methyl/N-ethyl adjacent to an activating group) is 1. The van der Waals surface area contributed by atoms with Crippen LogP contribution in [-0.4, -0.2) is 59.0 Å². The number of hydrogen-bond acceptors (Lipinski definition) is 6. The van der Waals surface area contributed by atoms with Gasteiger partial charge in [-0.2, -0.15) is 9.97 Å². The molecule has 1 aromatic carbocycles. The fraction of sp³-hybridized carbons (Fsp3) is 0.407. The van der Waals surface area contributed by atoms with E-state index in [1.807, 2.05) is 39.1 Å². The van der Waals surface area contributed by atoms with Crippen molar-refractivity contribution in [3.05, 3.63) is 53.7 Å². The van der Waals surface area contributed by atoms with Crippen LogP contribution in [0.4, 0.5) is 10.2 Å². The summed E-state index contributed by atoms with van der Waals surface area (Å²) < 4.78 is 20.7. The van der Waals surface area contributed by atoms with E-state index < -0.39 is 5.67 Å². The number of hydrogen-bond donors (Lipinski definition) is 0. The van der Waals surface area contributed by atoms with E-state index >= 15 is 4.39 Å². The van der Waals surface area contributed by atoms with E-state index in [9.17, 15) is 4.79 Å². The van der Waals surface area contributed by atoms with Crippen LogP contribution >= 0.6 is 0 Å². The third kappa shape index (κ3) is 4.45. The molecule has 1 atom stereocenters. The van der Waals surface area contributed by atoms with Crippen molar-refractivity contribution in [3.8, 4) is 17.3 Å². The Morgan fingerprint density at radius 1 is 1.31 bits per heavy atom. The molecule has 1 saturated heterocycles. The summed E-state index contributed by atoms with van der Waals surface area (Å²) in [6, 6.07) is 6.06. The minimum absolute atomic E-state index is 0.0714. The highest BCUT2D eigenvalue weighted by Crippen LogP contribution is 2.39. The number of aryl methyl sites for hydroxylation is 2. The van der Waals surface area contributed by atoms with Crippen LogP contribution in [0.1, 0.15) is 37.0 Å². The largest absolute Gasteiger partial charge is 0.467 e. The molecule has 8 heteroatoms. The third-order valence-electron chi connectivity index (χ3n) is 6.77. The van der Waals surface area contributed by atoms with E-state index in [1.54, 1.807) is 24.9 Å². The van der Waals surface area contributed by atoms with E-state index in [1.165, 1.54) is 13.2 Å². The first-order valence-electron chi connectivity index (χ1n) is 11.7. The molecule has 0 bridgehead atoms. The van der Waals surface area contributed by atoms with Crippen LogP contribution in [0.25, 0.3) is 22.2 Å². The Balaban J connectivity index is 1.85. The minimum Gasteiger partial charge on any atom is -0.467 e. The van der Waals surface area contributed by atoms with E-state index in [0.717, 1.165) is 28.5 Å². The molecule has 0 saturated carbocycles. The van der Waals surface area contributed by atoms with Gasteiger partial charge in [-0.1, -0.05) is 24.8 Å². The average molecular weight is 478 g/mol. The van der Waals surface area contributed by atoms with Crippen LogP contribution in [0.15, 0.2) is 37.1 Å². The maximum atomic E-state index is 15.2. The number of halogens is 1. The number of methoxy groups -OCH3 is 1. The Hall–Kier alpha value is -3.55. The lowest BCUT2D eigenvalue weighted by Crippen LogP contribution is -2.36. The van der Waals surface area contributed by atoms with Gasteiger partial charge in [0.25, 0.3) is 0 Å². The molecule has 35 heavy (non-hydrogen) atoms. The summed E-state index contributed by atoms with van der Waals surface area (Å²) in [6.07, 6.45) is 3.91. The van der Waals surface area contributed by atoms with Crippen molar-refractivity contribution in [3.63, 3.8) is 0 Å². The lowest BCUT2D eigenvalue weighted by molar-refractivity contribution is -0.125. The summed E-state index contributed by atoms with van der Waals surface area (Å²) in [5.74, 6) is 0.611. The lowest BCUT2D eigenvalue weighted by atomic mass is 9.87. The lowest BCUT2D eigenvalue weighted by Gasteiger charge is -2.27. The molecular weight excluding hydrogens is 445 g/mol. The van der Waals surface area contributed by atoms with Gasteiger partial charge in [0.15, 0.2) is 0 Å². The second-order valence-corrected chi connectivity index (χ2v) is 9.54. The second-order valence-electron chi connectivity index (χ2n) is 9.54. The van der Waals surface area contributed by atoms with Crippen molar-refractivity contribution in [2.45, 2.75) is 45.8 Å². The molecule has 0 aliphatic carbocycles. The predicted molar refractivity (Wildman–Crippen MR) is 137 cm³/mol. The highest BCUT2D eigenvalue weighted by atomic mass is 19.1. The van der Waals surface area contributed by atoms with Gasteiger partial charge in [0.2, 0.25) is 5.91 Å². The fourth-order valence-corrected chi connectivity index (χ4v) is 5.03. The number of fused-ring (bicyclic) bond motifs is 1. The number of alkyl halides is 1. The second kappa shape index (κ2) is 9.24. The van der Waals surface area contributed by atoms with Gasteiger partial charge in [-0.15, -0.1) is 0 Å². The summed E-state index contributed by atoms with van der Waals surface area (Å²) in [5, 5.41) is 0.775.